The van der Waals surface area contributed by atoms with Crippen LogP contribution in [-0.2, 0) is 4.79 Å². The summed E-state index contributed by atoms with van der Waals surface area (Å²) in [5, 5.41) is 12.7. The Balaban J connectivity index is 2.39. The number of hydrogen-bond donors (Lipinski definition) is 2. The van der Waals surface area contributed by atoms with Gasteiger partial charge in [0, 0.05) is 9.85 Å². The number of carboxylic acids is 1. The van der Waals surface area contributed by atoms with Crippen LogP contribution in [0, 0.1) is 0 Å². The zero-order chi connectivity index (χ0) is 10.6. The molecule has 2 N–H and O–H groups in total. The number of Topliss-reactive ketones (excluding diaryl/α,β-unsaturated/α-hetero) is 1. The van der Waals surface area contributed by atoms with Gasteiger partial charge < -0.3 is 5.11 Å². The molecular weight excluding hydrogens is 270 g/mol. The van der Waals surface area contributed by atoms with Crippen molar-refractivity contribution in [1.82, 2.24) is 5.32 Å². The van der Waals surface area contributed by atoms with Crippen LogP contribution in [0.2, 0.25) is 0 Å². The van der Waals surface area contributed by atoms with Crippen LogP contribution in [-0.4, -0.2) is 29.9 Å². The number of hydrogen-bond acceptors (Lipinski definition) is 4. The number of carboxylic acid groups (broad SMARTS) is 1. The van der Waals surface area contributed by atoms with Crippen molar-refractivity contribution >= 4 is 39.0 Å². The van der Waals surface area contributed by atoms with Crippen LogP contribution in [0.5, 0.6) is 0 Å². The van der Waals surface area contributed by atoms with Crippen LogP contribution in [0.15, 0.2) is 15.9 Å². The maximum Gasteiger partial charge on any atom is 0.317 e. The third kappa shape index (κ3) is 3.57. The van der Waals surface area contributed by atoms with Gasteiger partial charge >= 0.3 is 5.97 Å². The van der Waals surface area contributed by atoms with E-state index in [1.807, 2.05) is 5.38 Å². The molecule has 0 saturated carbocycles. The van der Waals surface area contributed by atoms with Gasteiger partial charge in [0.2, 0.25) is 0 Å². The molecule has 0 spiro atoms. The smallest absolute Gasteiger partial charge is 0.317 e. The molecule has 0 bridgehead atoms. The quantitative estimate of drug-likeness (QED) is 0.798. The molecule has 0 atom stereocenters. The molecule has 1 rings (SSSR count). The number of carbonyl (C=O) groups is 2. The molecule has 0 aliphatic carbocycles. The molecule has 0 radical (unpaired) electrons. The van der Waals surface area contributed by atoms with Crippen LogP contribution in [0.3, 0.4) is 0 Å². The number of aliphatic carboxylic acids is 1. The molecular formula is C8H8BrNO3S. The summed E-state index contributed by atoms with van der Waals surface area (Å²) in [7, 11) is 0. The minimum absolute atomic E-state index is 0.0548. The Labute approximate surface area is 93.1 Å². The van der Waals surface area contributed by atoms with E-state index in [0.717, 1.165) is 4.47 Å². The molecule has 0 amide bonds. The molecule has 0 fully saturated rings. The fourth-order valence-corrected chi connectivity index (χ4v) is 2.20. The van der Waals surface area contributed by atoms with E-state index in [1.165, 1.54) is 11.3 Å². The largest absolute Gasteiger partial charge is 0.480 e. The summed E-state index contributed by atoms with van der Waals surface area (Å²) in [4.78, 5) is 22.1. The Morgan fingerprint density at radius 1 is 1.50 bits per heavy atom. The van der Waals surface area contributed by atoms with Crippen molar-refractivity contribution in [2.45, 2.75) is 0 Å². The number of ketones is 1. The number of halogens is 1. The van der Waals surface area contributed by atoms with E-state index < -0.39 is 5.97 Å². The number of nitrogens with one attached hydrogen (secondary N) is 1. The molecule has 6 heteroatoms. The lowest BCUT2D eigenvalue weighted by atomic mass is 10.3. The van der Waals surface area contributed by atoms with Crippen molar-refractivity contribution in [2.24, 2.45) is 0 Å². The second kappa shape index (κ2) is 5.23. The number of carbonyl (C=O) groups excluding carboxylic acids is 1. The SMILES string of the molecule is O=C(O)CNCC(=O)c1cc(Br)cs1. The fourth-order valence-electron chi connectivity index (χ4n) is 0.829. The number of rotatable bonds is 5. The second-order valence-electron chi connectivity index (χ2n) is 2.55. The first-order valence-electron chi connectivity index (χ1n) is 3.79. The molecule has 1 heterocycles. The van der Waals surface area contributed by atoms with E-state index in [2.05, 4.69) is 21.2 Å². The summed E-state index contributed by atoms with van der Waals surface area (Å²) in [6, 6.07) is 1.72. The highest BCUT2D eigenvalue weighted by molar-refractivity contribution is 9.10. The van der Waals surface area contributed by atoms with Crippen LogP contribution < -0.4 is 5.32 Å². The third-order valence-corrected chi connectivity index (χ3v) is 3.14. The normalized spacial score (nSPS) is 10.1. The Morgan fingerprint density at radius 3 is 2.71 bits per heavy atom. The van der Waals surface area contributed by atoms with E-state index in [1.54, 1.807) is 6.07 Å². The first-order chi connectivity index (χ1) is 6.59. The van der Waals surface area contributed by atoms with Crippen molar-refractivity contribution in [2.75, 3.05) is 13.1 Å². The minimum atomic E-state index is -0.967. The van der Waals surface area contributed by atoms with Crippen LogP contribution >= 0.6 is 27.3 Å². The van der Waals surface area contributed by atoms with Gasteiger partial charge in [-0.25, -0.2) is 0 Å². The molecule has 0 aliphatic heterocycles. The van der Waals surface area contributed by atoms with Crippen molar-refractivity contribution in [3.8, 4) is 0 Å². The Kier molecular flexibility index (Phi) is 4.24. The second-order valence-corrected chi connectivity index (χ2v) is 4.38. The van der Waals surface area contributed by atoms with Crippen LogP contribution in [0.25, 0.3) is 0 Å². The van der Waals surface area contributed by atoms with Crippen molar-refractivity contribution < 1.29 is 14.7 Å². The monoisotopic (exact) mass is 277 g/mol. The van der Waals surface area contributed by atoms with Crippen molar-refractivity contribution in [3.63, 3.8) is 0 Å². The molecule has 0 saturated heterocycles. The summed E-state index contributed by atoms with van der Waals surface area (Å²) in [6.07, 6.45) is 0. The maximum absolute atomic E-state index is 11.4. The summed E-state index contributed by atoms with van der Waals surface area (Å²) in [6.45, 7) is -0.141. The first kappa shape index (κ1) is 11.4. The Hall–Kier alpha value is -0.720. The van der Waals surface area contributed by atoms with Gasteiger partial charge in [-0.1, -0.05) is 0 Å². The highest BCUT2D eigenvalue weighted by atomic mass is 79.9. The van der Waals surface area contributed by atoms with Crippen LogP contribution in [0.1, 0.15) is 9.67 Å². The van der Waals surface area contributed by atoms with Gasteiger partial charge in [-0.3, -0.25) is 14.9 Å². The van der Waals surface area contributed by atoms with Crippen molar-refractivity contribution in [1.29, 1.82) is 0 Å². The van der Waals surface area contributed by atoms with Gasteiger partial charge in [0.05, 0.1) is 18.0 Å². The van der Waals surface area contributed by atoms with Gasteiger partial charge in [0.1, 0.15) is 0 Å². The highest BCUT2D eigenvalue weighted by Gasteiger charge is 2.08. The zero-order valence-corrected chi connectivity index (χ0v) is 9.52. The van der Waals surface area contributed by atoms with E-state index in [-0.39, 0.29) is 18.9 Å². The van der Waals surface area contributed by atoms with Crippen molar-refractivity contribution in [3.05, 3.63) is 20.8 Å². The molecule has 0 unspecified atom stereocenters. The van der Waals surface area contributed by atoms with Crippen LogP contribution in [0.4, 0.5) is 0 Å². The standard InChI is InChI=1S/C8H8BrNO3S/c9-5-1-7(14-4-5)6(11)2-10-3-8(12)13/h1,4,10H,2-3H2,(H,12,13). The lowest BCUT2D eigenvalue weighted by Crippen LogP contribution is -2.28. The summed E-state index contributed by atoms with van der Waals surface area (Å²) in [5.41, 5.74) is 0. The third-order valence-electron chi connectivity index (χ3n) is 1.40. The average Bonchev–Trinajstić information content (AvgIpc) is 2.51. The van der Waals surface area contributed by atoms with E-state index in [0.29, 0.717) is 4.88 Å². The Morgan fingerprint density at radius 2 is 2.21 bits per heavy atom. The molecule has 1 aromatic rings. The molecule has 76 valence electrons. The predicted octanol–water partition coefficient (Wildman–Crippen LogP) is 1.37. The lowest BCUT2D eigenvalue weighted by molar-refractivity contribution is -0.135. The molecule has 14 heavy (non-hydrogen) atoms. The number of thiophene rings is 1. The van der Waals surface area contributed by atoms with Gasteiger partial charge in [0.25, 0.3) is 0 Å². The Bertz CT molecular complexity index is 350. The van der Waals surface area contributed by atoms with E-state index >= 15 is 0 Å². The first-order valence-corrected chi connectivity index (χ1v) is 5.46. The van der Waals surface area contributed by atoms with E-state index in [9.17, 15) is 9.59 Å². The van der Waals surface area contributed by atoms with Gasteiger partial charge in [0.15, 0.2) is 5.78 Å². The summed E-state index contributed by atoms with van der Waals surface area (Å²) < 4.78 is 0.865. The predicted molar refractivity (Wildman–Crippen MR) is 56.9 cm³/mol. The molecule has 0 aliphatic rings. The highest BCUT2D eigenvalue weighted by Crippen LogP contribution is 2.19. The zero-order valence-electron chi connectivity index (χ0n) is 7.12. The summed E-state index contributed by atoms with van der Waals surface area (Å²) in [5.74, 6) is -1.06. The topological polar surface area (TPSA) is 66.4 Å². The lowest BCUT2D eigenvalue weighted by Gasteiger charge is -1.98. The van der Waals surface area contributed by atoms with Gasteiger partial charge in [-0.2, -0.15) is 0 Å². The van der Waals surface area contributed by atoms with E-state index in [4.69, 9.17) is 5.11 Å². The molecule has 1 aromatic heterocycles. The molecule has 0 aromatic carbocycles. The average molecular weight is 278 g/mol. The summed E-state index contributed by atoms with van der Waals surface area (Å²) >= 11 is 4.57. The van der Waals surface area contributed by atoms with Gasteiger partial charge in [-0.05, 0) is 22.0 Å². The fraction of sp³-hybridized carbons (Fsp3) is 0.250. The minimum Gasteiger partial charge on any atom is -0.480 e. The maximum atomic E-state index is 11.4. The van der Waals surface area contributed by atoms with Gasteiger partial charge in [-0.15, -0.1) is 11.3 Å². The molecule has 4 nitrogen and oxygen atoms in total.